The number of nitro groups is 1. The van der Waals surface area contributed by atoms with Crippen molar-refractivity contribution in [1.29, 1.82) is 0 Å². The average Bonchev–Trinajstić information content (AvgIpc) is 2.45. The lowest BCUT2D eigenvalue weighted by Crippen LogP contribution is -2.00. The van der Waals surface area contributed by atoms with E-state index in [4.69, 9.17) is 4.42 Å². The van der Waals surface area contributed by atoms with Gasteiger partial charge in [0.1, 0.15) is 0 Å². The summed E-state index contributed by atoms with van der Waals surface area (Å²) in [5.41, 5.74) is 1.18. The number of para-hydroxylation sites is 1. The van der Waals surface area contributed by atoms with Crippen LogP contribution in [0.2, 0.25) is 0 Å². The maximum atomic E-state index is 10.8. The number of nitrogens with one attached hydrogen (secondary N) is 1. The number of H-pyrrole nitrogens is 1. The van der Waals surface area contributed by atoms with Gasteiger partial charge in [-0.1, -0.05) is 12.1 Å². The van der Waals surface area contributed by atoms with Crippen LogP contribution in [0.1, 0.15) is 5.56 Å². The van der Waals surface area contributed by atoms with Gasteiger partial charge in [0.2, 0.25) is 6.54 Å². The highest BCUT2D eigenvalue weighted by Crippen LogP contribution is 2.15. The summed E-state index contributed by atoms with van der Waals surface area (Å²) in [6.45, 7) is -0.327. The first kappa shape index (κ1) is 8.49. The second kappa shape index (κ2) is 2.99. The van der Waals surface area contributed by atoms with Crippen molar-refractivity contribution < 1.29 is 9.34 Å². The minimum Gasteiger partial charge on any atom is -0.408 e. The monoisotopic (exact) mass is 194 g/mol. The van der Waals surface area contributed by atoms with Crippen molar-refractivity contribution in [3.8, 4) is 0 Å². The van der Waals surface area contributed by atoms with E-state index in [1.807, 2.05) is 0 Å². The summed E-state index contributed by atoms with van der Waals surface area (Å²) in [7, 11) is 0. The second-order valence-corrected chi connectivity index (χ2v) is 2.80. The predicted molar refractivity (Wildman–Crippen MR) is 47.5 cm³/mol. The van der Waals surface area contributed by atoms with E-state index >= 15 is 0 Å². The first-order valence-corrected chi connectivity index (χ1v) is 3.89. The summed E-state index contributed by atoms with van der Waals surface area (Å²) >= 11 is 0. The third kappa shape index (κ3) is 1.37. The van der Waals surface area contributed by atoms with Gasteiger partial charge in [-0.15, -0.1) is 0 Å². The molecule has 0 unspecified atom stereocenters. The van der Waals surface area contributed by atoms with E-state index in [1.54, 1.807) is 18.2 Å². The molecule has 2 rings (SSSR count). The van der Waals surface area contributed by atoms with Crippen LogP contribution in [0.5, 0.6) is 0 Å². The SMILES string of the molecule is O=c1[nH]c2c(C[N+](=O)[O-])cccc2o1. The predicted octanol–water partition coefficient (Wildman–Crippen LogP) is 0.898. The van der Waals surface area contributed by atoms with Crippen LogP contribution in [0.15, 0.2) is 27.4 Å². The Morgan fingerprint density at radius 2 is 2.29 bits per heavy atom. The smallest absolute Gasteiger partial charge is 0.408 e. The van der Waals surface area contributed by atoms with Crippen molar-refractivity contribution in [3.63, 3.8) is 0 Å². The molecule has 14 heavy (non-hydrogen) atoms. The van der Waals surface area contributed by atoms with Crippen LogP contribution in [0.4, 0.5) is 0 Å². The molecule has 1 aromatic carbocycles. The van der Waals surface area contributed by atoms with E-state index < -0.39 is 10.7 Å². The molecule has 0 aliphatic rings. The zero-order valence-electron chi connectivity index (χ0n) is 7.02. The average molecular weight is 194 g/mol. The molecule has 1 aromatic heterocycles. The Morgan fingerprint density at radius 3 is 3.00 bits per heavy atom. The highest BCUT2D eigenvalue weighted by molar-refractivity contribution is 5.75. The molecule has 6 heteroatoms. The minimum absolute atomic E-state index is 0.327. The van der Waals surface area contributed by atoms with Crippen molar-refractivity contribution in [2.24, 2.45) is 0 Å². The molecule has 0 saturated carbocycles. The van der Waals surface area contributed by atoms with Crippen LogP contribution in [0, 0.1) is 10.1 Å². The molecular weight excluding hydrogens is 188 g/mol. The van der Waals surface area contributed by atoms with Gasteiger partial charge in [0, 0.05) is 10.5 Å². The summed E-state index contributed by atoms with van der Waals surface area (Å²) < 4.78 is 4.76. The summed E-state index contributed by atoms with van der Waals surface area (Å²) in [6.07, 6.45) is 0. The third-order valence-electron chi connectivity index (χ3n) is 1.84. The third-order valence-corrected chi connectivity index (χ3v) is 1.84. The molecule has 6 nitrogen and oxygen atoms in total. The van der Waals surface area contributed by atoms with E-state index in [-0.39, 0.29) is 6.54 Å². The molecule has 2 aromatic rings. The molecule has 1 heterocycles. The van der Waals surface area contributed by atoms with Crippen molar-refractivity contribution in [2.75, 3.05) is 0 Å². The van der Waals surface area contributed by atoms with Crippen LogP contribution >= 0.6 is 0 Å². The van der Waals surface area contributed by atoms with Crippen molar-refractivity contribution in [2.45, 2.75) is 6.54 Å². The number of fused-ring (bicyclic) bond motifs is 1. The molecule has 0 radical (unpaired) electrons. The molecule has 0 fully saturated rings. The maximum Gasteiger partial charge on any atom is 0.417 e. The number of hydrogen-bond donors (Lipinski definition) is 1. The van der Waals surface area contributed by atoms with Gasteiger partial charge in [0.25, 0.3) is 0 Å². The molecule has 72 valence electrons. The molecule has 0 aliphatic carbocycles. The lowest BCUT2D eigenvalue weighted by atomic mass is 10.2. The summed E-state index contributed by atoms with van der Waals surface area (Å²) in [6, 6.07) is 4.77. The number of aromatic amines is 1. The van der Waals surface area contributed by atoms with Gasteiger partial charge < -0.3 is 4.42 Å². The van der Waals surface area contributed by atoms with E-state index in [1.165, 1.54) is 0 Å². The Kier molecular flexibility index (Phi) is 1.81. The Labute approximate surface area is 77.3 Å². The summed E-state index contributed by atoms with van der Waals surface area (Å²) in [4.78, 5) is 23.1. The molecular formula is C8H6N2O4. The summed E-state index contributed by atoms with van der Waals surface area (Å²) in [5.74, 6) is -0.601. The van der Waals surface area contributed by atoms with E-state index in [0.717, 1.165) is 0 Å². The van der Waals surface area contributed by atoms with Crippen LogP contribution < -0.4 is 5.76 Å². The van der Waals surface area contributed by atoms with Crippen molar-refractivity contribution in [3.05, 3.63) is 44.4 Å². The van der Waals surface area contributed by atoms with Gasteiger partial charge in [-0.05, 0) is 6.07 Å². The molecule has 0 spiro atoms. The summed E-state index contributed by atoms with van der Waals surface area (Å²) in [5, 5.41) is 10.3. The van der Waals surface area contributed by atoms with Crippen LogP contribution in [-0.4, -0.2) is 9.91 Å². The zero-order valence-corrected chi connectivity index (χ0v) is 7.02. The Bertz CT molecular complexity index is 540. The van der Waals surface area contributed by atoms with Gasteiger partial charge in [0.05, 0.1) is 5.52 Å². The topological polar surface area (TPSA) is 89.1 Å². The Balaban J connectivity index is 2.64. The van der Waals surface area contributed by atoms with Crippen molar-refractivity contribution in [1.82, 2.24) is 4.98 Å². The fourth-order valence-corrected chi connectivity index (χ4v) is 1.30. The number of aromatic nitrogens is 1. The molecule has 0 atom stereocenters. The highest BCUT2D eigenvalue weighted by atomic mass is 16.6. The fourth-order valence-electron chi connectivity index (χ4n) is 1.30. The number of oxazole rings is 1. The zero-order chi connectivity index (χ0) is 10.1. The first-order chi connectivity index (χ1) is 6.66. The maximum absolute atomic E-state index is 10.8. The van der Waals surface area contributed by atoms with E-state index in [9.17, 15) is 14.9 Å². The first-order valence-electron chi connectivity index (χ1n) is 3.89. The fraction of sp³-hybridized carbons (Fsp3) is 0.125. The van der Waals surface area contributed by atoms with Gasteiger partial charge in [0.15, 0.2) is 5.58 Å². The lowest BCUT2D eigenvalue weighted by molar-refractivity contribution is -0.496. The Hall–Kier alpha value is -2.11. The minimum atomic E-state index is -0.601. The van der Waals surface area contributed by atoms with Crippen LogP contribution in [0.25, 0.3) is 11.1 Å². The molecule has 0 aliphatic heterocycles. The van der Waals surface area contributed by atoms with Gasteiger partial charge in [-0.3, -0.25) is 15.1 Å². The largest absolute Gasteiger partial charge is 0.417 e. The van der Waals surface area contributed by atoms with Gasteiger partial charge >= 0.3 is 5.76 Å². The molecule has 1 N–H and O–H groups in total. The number of hydrogen-bond acceptors (Lipinski definition) is 4. The van der Waals surface area contributed by atoms with Crippen molar-refractivity contribution >= 4 is 11.1 Å². The number of nitrogens with zero attached hydrogens (tertiary/aromatic N) is 1. The molecule has 0 saturated heterocycles. The second-order valence-electron chi connectivity index (χ2n) is 2.80. The highest BCUT2D eigenvalue weighted by Gasteiger charge is 2.09. The lowest BCUT2D eigenvalue weighted by Gasteiger charge is -1.94. The Morgan fingerprint density at radius 1 is 1.50 bits per heavy atom. The molecule has 0 bridgehead atoms. The van der Waals surface area contributed by atoms with E-state index in [2.05, 4.69) is 4.98 Å². The quantitative estimate of drug-likeness (QED) is 0.568. The number of benzene rings is 1. The number of rotatable bonds is 2. The standard InChI is InChI=1S/C8H6N2O4/c11-8-9-7-5(4-10(12)13)2-1-3-6(7)14-8/h1-3H,4H2,(H,9,11). The normalized spacial score (nSPS) is 10.6. The molecule has 0 amide bonds. The van der Waals surface area contributed by atoms with Crippen LogP contribution in [0.3, 0.4) is 0 Å². The van der Waals surface area contributed by atoms with E-state index in [0.29, 0.717) is 16.7 Å². The van der Waals surface area contributed by atoms with Gasteiger partial charge in [-0.25, -0.2) is 4.79 Å². The van der Waals surface area contributed by atoms with Gasteiger partial charge in [-0.2, -0.15) is 0 Å². The van der Waals surface area contributed by atoms with Crippen LogP contribution in [-0.2, 0) is 6.54 Å².